The zero-order valence-corrected chi connectivity index (χ0v) is 11.8. The summed E-state index contributed by atoms with van der Waals surface area (Å²) in [5.41, 5.74) is 5.62. The van der Waals surface area contributed by atoms with Gasteiger partial charge in [-0.05, 0) is 29.3 Å². The number of alkyl halides is 3. The molecule has 20 heavy (non-hydrogen) atoms. The summed E-state index contributed by atoms with van der Waals surface area (Å²) in [7, 11) is 0. The predicted octanol–water partition coefficient (Wildman–Crippen LogP) is 4.60. The van der Waals surface area contributed by atoms with Gasteiger partial charge in [0.15, 0.2) is 0 Å². The van der Waals surface area contributed by atoms with E-state index in [1.807, 2.05) is 30.3 Å². The van der Waals surface area contributed by atoms with Crippen LogP contribution in [0.4, 0.5) is 13.2 Å². The van der Waals surface area contributed by atoms with Crippen LogP contribution >= 0.6 is 11.8 Å². The van der Waals surface area contributed by atoms with Gasteiger partial charge in [-0.2, -0.15) is 13.2 Å². The van der Waals surface area contributed by atoms with Crippen LogP contribution in [-0.2, 0) is 0 Å². The van der Waals surface area contributed by atoms with E-state index < -0.39 is 17.5 Å². The molecule has 2 aromatic rings. The normalized spacial score (nSPS) is 15.2. The second-order valence-corrected chi connectivity index (χ2v) is 5.88. The molecule has 2 atom stereocenters. The highest BCUT2D eigenvalue weighted by Gasteiger charge is 2.43. The fraction of sp³-hybridized carbons (Fsp3) is 0.333. The molecule has 0 aromatic heterocycles. The molecule has 0 aliphatic heterocycles. The van der Waals surface area contributed by atoms with E-state index in [0.29, 0.717) is 11.3 Å². The molecule has 5 heteroatoms. The lowest BCUT2D eigenvalue weighted by Gasteiger charge is -2.25. The first-order chi connectivity index (χ1) is 9.41. The maximum absolute atomic E-state index is 13.1. The van der Waals surface area contributed by atoms with Crippen LogP contribution in [0.15, 0.2) is 47.4 Å². The second-order valence-electron chi connectivity index (χ2n) is 4.66. The summed E-state index contributed by atoms with van der Waals surface area (Å²) in [6.07, 6.45) is -4.00. The van der Waals surface area contributed by atoms with Crippen LogP contribution in [0.25, 0.3) is 10.8 Å². The molecule has 0 saturated carbocycles. The first kappa shape index (κ1) is 15.2. The third kappa shape index (κ3) is 3.46. The van der Waals surface area contributed by atoms with E-state index in [2.05, 4.69) is 0 Å². The lowest BCUT2D eigenvalue weighted by molar-refractivity contribution is -0.132. The van der Waals surface area contributed by atoms with Crippen LogP contribution in [0.1, 0.15) is 13.3 Å². The highest BCUT2D eigenvalue weighted by Crippen LogP contribution is 2.38. The molecule has 2 rings (SSSR count). The van der Waals surface area contributed by atoms with Crippen molar-refractivity contribution in [1.29, 1.82) is 0 Å². The molecule has 0 radical (unpaired) electrons. The number of hydrogen-bond donors (Lipinski definition) is 1. The Kier molecular flexibility index (Phi) is 4.60. The number of hydrogen-bond acceptors (Lipinski definition) is 2. The van der Waals surface area contributed by atoms with Gasteiger partial charge >= 0.3 is 6.18 Å². The molecule has 0 aliphatic carbocycles. The van der Waals surface area contributed by atoms with E-state index in [0.717, 1.165) is 22.5 Å². The van der Waals surface area contributed by atoms with Gasteiger partial charge in [-0.25, -0.2) is 0 Å². The van der Waals surface area contributed by atoms with Gasteiger partial charge in [-0.3, -0.25) is 0 Å². The average Bonchev–Trinajstić information content (AvgIpc) is 2.42. The molecule has 0 aliphatic rings. The molecule has 0 saturated heterocycles. The van der Waals surface area contributed by atoms with E-state index in [4.69, 9.17) is 5.73 Å². The summed E-state index contributed by atoms with van der Waals surface area (Å²) in [4.78, 5) is 0.593. The maximum Gasteiger partial charge on any atom is 0.402 e. The van der Waals surface area contributed by atoms with Crippen molar-refractivity contribution in [2.45, 2.75) is 35.7 Å². The van der Waals surface area contributed by atoms with Crippen LogP contribution in [0.2, 0.25) is 0 Å². The van der Waals surface area contributed by atoms with Gasteiger partial charge in [0, 0.05) is 10.9 Å². The molecule has 0 spiro atoms. The van der Waals surface area contributed by atoms with Crippen molar-refractivity contribution in [2.24, 2.45) is 5.73 Å². The van der Waals surface area contributed by atoms with Crippen molar-refractivity contribution in [2.75, 3.05) is 0 Å². The minimum atomic E-state index is -4.30. The second kappa shape index (κ2) is 6.06. The molecule has 0 bridgehead atoms. The van der Waals surface area contributed by atoms with Gasteiger partial charge < -0.3 is 5.73 Å². The molecular weight excluding hydrogens is 283 g/mol. The molecule has 2 unspecified atom stereocenters. The van der Waals surface area contributed by atoms with E-state index in [9.17, 15) is 13.2 Å². The third-order valence-electron chi connectivity index (χ3n) is 3.17. The Hall–Kier alpha value is -1.20. The lowest BCUT2D eigenvalue weighted by Crippen LogP contribution is -2.42. The fourth-order valence-electron chi connectivity index (χ4n) is 2.00. The molecule has 108 valence electrons. The van der Waals surface area contributed by atoms with Crippen LogP contribution in [0.5, 0.6) is 0 Å². The van der Waals surface area contributed by atoms with Gasteiger partial charge in [0.1, 0.15) is 5.25 Å². The first-order valence-electron chi connectivity index (χ1n) is 6.39. The van der Waals surface area contributed by atoms with E-state index in [-0.39, 0.29) is 0 Å². The number of benzene rings is 2. The van der Waals surface area contributed by atoms with Gasteiger partial charge in [0.2, 0.25) is 0 Å². The van der Waals surface area contributed by atoms with Crippen molar-refractivity contribution in [3.05, 3.63) is 42.5 Å². The Morgan fingerprint density at radius 2 is 1.75 bits per heavy atom. The third-order valence-corrected chi connectivity index (χ3v) is 4.56. The van der Waals surface area contributed by atoms with Crippen LogP contribution in [0, 0.1) is 0 Å². The van der Waals surface area contributed by atoms with Crippen LogP contribution in [-0.4, -0.2) is 17.5 Å². The summed E-state index contributed by atoms with van der Waals surface area (Å²) >= 11 is 0.793. The van der Waals surface area contributed by atoms with Gasteiger partial charge in [0.05, 0.1) is 0 Å². The van der Waals surface area contributed by atoms with Crippen molar-refractivity contribution < 1.29 is 13.2 Å². The number of thioether (sulfide) groups is 1. The van der Waals surface area contributed by atoms with Crippen molar-refractivity contribution >= 4 is 22.5 Å². The number of rotatable bonds is 4. The van der Waals surface area contributed by atoms with Gasteiger partial charge in [0.25, 0.3) is 0 Å². The molecule has 0 fully saturated rings. The minimum absolute atomic E-state index is 0.296. The smallest absolute Gasteiger partial charge is 0.326 e. The summed E-state index contributed by atoms with van der Waals surface area (Å²) < 4.78 is 39.2. The van der Waals surface area contributed by atoms with Gasteiger partial charge in [-0.15, -0.1) is 11.8 Å². The summed E-state index contributed by atoms with van der Waals surface area (Å²) in [6.45, 7) is 1.67. The summed E-state index contributed by atoms with van der Waals surface area (Å²) in [6, 6.07) is 12.0. The molecule has 0 amide bonds. The number of nitrogens with two attached hydrogens (primary N) is 1. The molecule has 0 heterocycles. The maximum atomic E-state index is 13.1. The summed E-state index contributed by atoms with van der Waals surface area (Å²) in [5, 5.41) is 0.373. The Morgan fingerprint density at radius 1 is 1.10 bits per heavy atom. The predicted molar refractivity (Wildman–Crippen MR) is 77.9 cm³/mol. The van der Waals surface area contributed by atoms with E-state index in [1.165, 1.54) is 0 Å². The van der Waals surface area contributed by atoms with Crippen molar-refractivity contribution in [3.8, 4) is 0 Å². The highest BCUT2D eigenvalue weighted by molar-refractivity contribution is 8.00. The van der Waals surface area contributed by atoms with Crippen LogP contribution in [0.3, 0.4) is 0 Å². The monoisotopic (exact) mass is 299 g/mol. The van der Waals surface area contributed by atoms with E-state index in [1.54, 1.807) is 19.1 Å². The largest absolute Gasteiger partial charge is 0.402 e. The standard InChI is InChI=1S/C15H16F3NS/c1-2-13(19)14(15(16,17)18)20-12-8-7-10-5-3-4-6-11(10)9-12/h3-9,13-14H,2,19H2,1H3. The Balaban J connectivity index is 2.28. The fourth-order valence-corrected chi connectivity index (χ4v) is 3.13. The Labute approximate surface area is 120 Å². The van der Waals surface area contributed by atoms with Gasteiger partial charge in [-0.1, -0.05) is 37.3 Å². The van der Waals surface area contributed by atoms with Crippen molar-refractivity contribution in [1.82, 2.24) is 0 Å². The number of halogens is 3. The Bertz CT molecular complexity index is 583. The number of fused-ring (bicyclic) bond motifs is 1. The average molecular weight is 299 g/mol. The molecule has 2 aromatic carbocycles. The van der Waals surface area contributed by atoms with E-state index >= 15 is 0 Å². The van der Waals surface area contributed by atoms with Crippen LogP contribution < -0.4 is 5.73 Å². The molecule has 1 nitrogen and oxygen atoms in total. The lowest BCUT2D eigenvalue weighted by atomic mass is 10.1. The van der Waals surface area contributed by atoms with Crippen molar-refractivity contribution in [3.63, 3.8) is 0 Å². The zero-order chi connectivity index (χ0) is 14.8. The Morgan fingerprint density at radius 3 is 2.35 bits per heavy atom. The topological polar surface area (TPSA) is 26.0 Å². The molecule has 2 N–H and O–H groups in total. The SMILES string of the molecule is CCC(N)C(Sc1ccc2ccccc2c1)C(F)(F)F. The molecular formula is C15H16F3NS. The highest BCUT2D eigenvalue weighted by atomic mass is 32.2. The zero-order valence-electron chi connectivity index (χ0n) is 11.0. The quantitative estimate of drug-likeness (QED) is 0.835. The first-order valence-corrected chi connectivity index (χ1v) is 7.27. The summed E-state index contributed by atoms with van der Waals surface area (Å²) in [5.74, 6) is 0. The minimum Gasteiger partial charge on any atom is -0.326 e.